The second-order valence-electron chi connectivity index (χ2n) is 5.97. The molecule has 1 atom stereocenters. The molecule has 0 amide bonds. The van der Waals surface area contributed by atoms with Gasteiger partial charge in [-0.25, -0.2) is 4.39 Å². The Morgan fingerprint density at radius 2 is 1.74 bits per heavy atom. The third-order valence-corrected chi connectivity index (χ3v) is 3.97. The molecular formula is C18H17F4N3O2. The largest absolute Gasteiger partial charge is 0.416 e. The van der Waals surface area contributed by atoms with Crippen molar-refractivity contribution in [2.24, 2.45) is 0 Å². The average molecular weight is 383 g/mol. The zero-order chi connectivity index (χ0) is 19.6. The van der Waals surface area contributed by atoms with Gasteiger partial charge in [0.05, 0.1) is 5.56 Å². The van der Waals surface area contributed by atoms with Gasteiger partial charge in [-0.3, -0.25) is 0 Å². The lowest BCUT2D eigenvalue weighted by Gasteiger charge is -2.19. The van der Waals surface area contributed by atoms with E-state index in [1.807, 2.05) is 6.07 Å². The Balaban J connectivity index is 1.79. The normalized spacial score (nSPS) is 13.0. The molecule has 0 fully saturated rings. The predicted molar refractivity (Wildman–Crippen MR) is 93.7 cm³/mol. The molecule has 3 aromatic rings. The highest BCUT2D eigenvalue weighted by Gasteiger charge is 2.31. The summed E-state index contributed by atoms with van der Waals surface area (Å²) >= 11 is 0. The maximum atomic E-state index is 13.4. The summed E-state index contributed by atoms with van der Waals surface area (Å²) in [6.07, 6.45) is -4.04. The number of H-pyrrole nitrogens is 1. The van der Waals surface area contributed by atoms with Gasteiger partial charge in [0.1, 0.15) is 5.82 Å². The topological polar surface area (TPSA) is 80.3 Å². The van der Waals surface area contributed by atoms with Crippen LogP contribution in [0.1, 0.15) is 11.1 Å². The van der Waals surface area contributed by atoms with Gasteiger partial charge in [-0.2, -0.15) is 13.2 Å². The van der Waals surface area contributed by atoms with E-state index < -0.39 is 23.9 Å². The van der Waals surface area contributed by atoms with E-state index in [0.717, 1.165) is 22.5 Å². The van der Waals surface area contributed by atoms with Crippen molar-refractivity contribution in [2.45, 2.75) is 18.9 Å². The molecule has 0 bridgehead atoms. The van der Waals surface area contributed by atoms with Crippen molar-refractivity contribution in [3.63, 3.8) is 0 Å². The highest BCUT2D eigenvalue weighted by Crippen LogP contribution is 2.32. The van der Waals surface area contributed by atoms with Gasteiger partial charge >= 0.3 is 6.18 Å². The number of rotatable bonds is 6. The lowest BCUT2D eigenvalue weighted by Crippen LogP contribution is -2.28. The van der Waals surface area contributed by atoms with Crippen LogP contribution in [0.25, 0.3) is 10.9 Å². The van der Waals surface area contributed by atoms with Gasteiger partial charge in [0.15, 0.2) is 0 Å². The monoisotopic (exact) mass is 383 g/mol. The third-order valence-electron chi connectivity index (χ3n) is 3.97. The number of aliphatic hydroxyl groups excluding tert-OH is 2. The van der Waals surface area contributed by atoms with E-state index >= 15 is 0 Å². The number of hydrogen-bond donors (Lipinski definition) is 5. The van der Waals surface area contributed by atoms with Crippen LogP contribution in [0.2, 0.25) is 0 Å². The summed E-state index contributed by atoms with van der Waals surface area (Å²) in [4.78, 5) is 3.01. The van der Waals surface area contributed by atoms with Gasteiger partial charge in [-0.15, -0.1) is 0 Å². The maximum absolute atomic E-state index is 13.4. The average Bonchev–Trinajstić information content (AvgIpc) is 3.02. The van der Waals surface area contributed by atoms with Crippen molar-refractivity contribution < 1.29 is 27.8 Å². The molecule has 0 radical (unpaired) electrons. The highest BCUT2D eigenvalue weighted by atomic mass is 19.4. The Morgan fingerprint density at radius 1 is 1.04 bits per heavy atom. The number of hydrogen-bond acceptors (Lipinski definition) is 4. The summed E-state index contributed by atoms with van der Waals surface area (Å²) in [7, 11) is 0. The van der Waals surface area contributed by atoms with Gasteiger partial charge < -0.3 is 25.8 Å². The quantitative estimate of drug-likeness (QED) is 0.333. The number of aliphatic hydroxyl groups is 2. The number of nitrogens with one attached hydrogen (secondary N) is 3. The molecule has 5 N–H and O–H groups in total. The van der Waals surface area contributed by atoms with Crippen molar-refractivity contribution in [3.05, 3.63) is 59.5 Å². The molecule has 0 aliphatic heterocycles. The molecule has 0 aliphatic rings. The van der Waals surface area contributed by atoms with Crippen LogP contribution in [0.15, 0.2) is 42.6 Å². The summed E-state index contributed by atoms with van der Waals surface area (Å²) in [6, 6.07) is 7.21. The van der Waals surface area contributed by atoms with Crippen LogP contribution in [0, 0.1) is 5.82 Å². The van der Waals surface area contributed by atoms with Gasteiger partial charge in [0, 0.05) is 35.1 Å². The number of alkyl halides is 3. The van der Waals surface area contributed by atoms with E-state index in [0.29, 0.717) is 24.2 Å². The molecule has 1 heterocycles. The fraction of sp³-hybridized carbons (Fsp3) is 0.222. The molecule has 5 nitrogen and oxygen atoms in total. The Bertz CT molecular complexity index is 940. The van der Waals surface area contributed by atoms with Crippen LogP contribution in [-0.2, 0) is 12.6 Å². The molecule has 0 aliphatic carbocycles. The lowest BCUT2D eigenvalue weighted by atomic mass is 10.1. The van der Waals surface area contributed by atoms with Gasteiger partial charge in [-0.05, 0) is 48.4 Å². The van der Waals surface area contributed by atoms with Crippen LogP contribution < -0.4 is 10.6 Å². The van der Waals surface area contributed by atoms with Crippen LogP contribution >= 0.6 is 0 Å². The molecule has 2 aromatic carbocycles. The van der Waals surface area contributed by atoms with E-state index in [4.69, 9.17) is 0 Å². The van der Waals surface area contributed by atoms with E-state index in [1.165, 1.54) is 0 Å². The molecule has 9 heteroatoms. The summed E-state index contributed by atoms with van der Waals surface area (Å²) < 4.78 is 51.8. The molecule has 3 rings (SSSR count). The molecule has 1 aromatic heterocycles. The standard InChI is InChI=1S/C18H17F4N3O2/c19-12-6-11(18(20,21)22)7-14(8-12)25-17(27)24-13-5-10(2-4-26)15-1-3-23-16(15)9-13/h1,3,5-9,17,23-27H,2,4H2. The molecule has 27 heavy (non-hydrogen) atoms. The minimum atomic E-state index is -4.70. The SMILES string of the molecule is OCCc1cc(NC(O)Nc2cc(F)cc(C(F)(F)F)c2)cc2[nH]ccc12. The van der Waals surface area contributed by atoms with Crippen LogP contribution in [0.5, 0.6) is 0 Å². The minimum absolute atomic E-state index is 0.0615. The minimum Gasteiger partial charge on any atom is -0.396 e. The van der Waals surface area contributed by atoms with Crippen LogP contribution in [0.4, 0.5) is 28.9 Å². The first-order valence-corrected chi connectivity index (χ1v) is 8.06. The highest BCUT2D eigenvalue weighted by molar-refractivity contribution is 5.86. The van der Waals surface area contributed by atoms with Gasteiger partial charge in [-0.1, -0.05) is 0 Å². The molecule has 0 saturated heterocycles. The first-order valence-electron chi connectivity index (χ1n) is 8.06. The lowest BCUT2D eigenvalue weighted by molar-refractivity contribution is -0.137. The van der Waals surface area contributed by atoms with Crippen molar-refractivity contribution >= 4 is 22.3 Å². The fourth-order valence-corrected chi connectivity index (χ4v) is 2.84. The van der Waals surface area contributed by atoms with Crippen LogP contribution in [0.3, 0.4) is 0 Å². The summed E-state index contributed by atoms with van der Waals surface area (Å²) in [5.74, 6) is -1.07. The van der Waals surface area contributed by atoms with Crippen molar-refractivity contribution in [1.29, 1.82) is 0 Å². The number of aromatic amines is 1. The number of anilines is 2. The van der Waals surface area contributed by atoms with Crippen molar-refractivity contribution in [1.82, 2.24) is 4.98 Å². The molecule has 0 spiro atoms. The Morgan fingerprint density at radius 3 is 2.41 bits per heavy atom. The third kappa shape index (κ3) is 4.50. The van der Waals surface area contributed by atoms with Crippen molar-refractivity contribution in [3.8, 4) is 0 Å². The molecule has 1 unspecified atom stereocenters. The number of halogens is 4. The van der Waals surface area contributed by atoms with Gasteiger partial charge in [0.25, 0.3) is 0 Å². The predicted octanol–water partition coefficient (Wildman–Crippen LogP) is 3.66. The zero-order valence-corrected chi connectivity index (χ0v) is 13.9. The fourth-order valence-electron chi connectivity index (χ4n) is 2.84. The Kier molecular flexibility index (Phi) is 5.24. The maximum Gasteiger partial charge on any atom is 0.416 e. The molecule has 0 saturated carbocycles. The summed E-state index contributed by atoms with van der Waals surface area (Å²) in [5.41, 5.74) is 0.687. The number of fused-ring (bicyclic) bond motifs is 1. The second-order valence-corrected chi connectivity index (χ2v) is 5.97. The van der Waals surface area contributed by atoms with E-state index in [1.54, 1.807) is 18.3 Å². The first kappa shape index (κ1) is 19.0. The molecule has 144 valence electrons. The first-order chi connectivity index (χ1) is 12.8. The van der Waals surface area contributed by atoms with Gasteiger partial charge in [0.2, 0.25) is 6.35 Å². The molecular weight excluding hydrogens is 366 g/mol. The van der Waals surface area contributed by atoms with Crippen LogP contribution in [-0.4, -0.2) is 28.2 Å². The number of aromatic nitrogens is 1. The smallest absolute Gasteiger partial charge is 0.396 e. The van der Waals surface area contributed by atoms with E-state index in [-0.39, 0.29) is 12.3 Å². The second kappa shape index (κ2) is 7.45. The van der Waals surface area contributed by atoms with Crippen molar-refractivity contribution in [2.75, 3.05) is 17.2 Å². The number of benzene rings is 2. The summed E-state index contributed by atoms with van der Waals surface area (Å²) in [5, 5.41) is 25.3. The van der Waals surface area contributed by atoms with E-state index in [9.17, 15) is 27.8 Å². The van der Waals surface area contributed by atoms with E-state index in [2.05, 4.69) is 15.6 Å². The Labute approximate surface area is 151 Å². The Hall–Kier alpha value is -2.78. The summed E-state index contributed by atoms with van der Waals surface area (Å²) in [6.45, 7) is -0.0615. The zero-order valence-electron chi connectivity index (χ0n) is 13.9.